The van der Waals surface area contributed by atoms with Crippen molar-refractivity contribution in [2.75, 3.05) is 38.5 Å². The van der Waals surface area contributed by atoms with Crippen molar-refractivity contribution >= 4 is 22.9 Å². The minimum absolute atomic E-state index is 0.250. The lowest BCUT2D eigenvalue weighted by molar-refractivity contribution is -0.110. The van der Waals surface area contributed by atoms with E-state index in [1.165, 1.54) is 17.7 Å². The van der Waals surface area contributed by atoms with Crippen molar-refractivity contribution < 1.29 is 13.9 Å². The Bertz CT molecular complexity index is 1000. The molecule has 2 aromatic rings. The number of amides is 1. The zero-order chi connectivity index (χ0) is 21.3. The van der Waals surface area contributed by atoms with Gasteiger partial charge in [0.25, 0.3) is 5.91 Å². The molecule has 0 aromatic heterocycles. The predicted molar refractivity (Wildman–Crippen MR) is 117 cm³/mol. The second-order valence-electron chi connectivity index (χ2n) is 7.89. The maximum atomic E-state index is 13.8. The van der Waals surface area contributed by atoms with E-state index >= 15 is 0 Å². The molecule has 0 radical (unpaired) electrons. The molecule has 30 heavy (non-hydrogen) atoms. The summed E-state index contributed by atoms with van der Waals surface area (Å²) in [6.45, 7) is 9.74. The number of benzene rings is 2. The molecule has 5 nitrogen and oxygen atoms in total. The molecule has 6 heteroatoms. The molecule has 0 unspecified atom stereocenters. The van der Waals surface area contributed by atoms with Crippen LogP contribution in [-0.2, 0) is 22.7 Å². The van der Waals surface area contributed by atoms with Crippen LogP contribution < -0.4 is 5.32 Å². The SMILES string of the molecule is CCN(C)CCN(CC)Cc1ccc2c(c1)CO/C2=C1/C(=O)Nc2ccc(F)cc21. The molecule has 1 N–H and O–H groups in total. The van der Waals surface area contributed by atoms with Crippen molar-refractivity contribution in [2.45, 2.75) is 27.0 Å². The van der Waals surface area contributed by atoms with Crippen molar-refractivity contribution in [3.05, 3.63) is 64.5 Å². The lowest BCUT2D eigenvalue weighted by Crippen LogP contribution is -2.32. The summed E-state index contributed by atoms with van der Waals surface area (Å²) in [6, 6.07) is 10.6. The number of nitrogens with one attached hydrogen (secondary N) is 1. The molecule has 1 amide bonds. The normalized spacial score (nSPS) is 17.3. The van der Waals surface area contributed by atoms with Crippen LogP contribution in [0.25, 0.3) is 11.3 Å². The summed E-state index contributed by atoms with van der Waals surface area (Å²) in [4.78, 5) is 17.3. The highest BCUT2D eigenvalue weighted by Gasteiger charge is 2.32. The number of hydrogen-bond acceptors (Lipinski definition) is 4. The number of carbonyl (C=O) groups is 1. The summed E-state index contributed by atoms with van der Waals surface area (Å²) in [5.41, 5.74) is 4.79. The Hall–Kier alpha value is -2.70. The molecule has 2 aromatic carbocycles. The van der Waals surface area contributed by atoms with Crippen molar-refractivity contribution in [1.82, 2.24) is 9.80 Å². The van der Waals surface area contributed by atoms with Crippen LogP contribution in [0.4, 0.5) is 10.1 Å². The number of likely N-dealkylation sites (N-methyl/N-ethyl adjacent to an activating group) is 2. The van der Waals surface area contributed by atoms with E-state index in [1.54, 1.807) is 6.07 Å². The number of halogens is 1. The Labute approximate surface area is 177 Å². The van der Waals surface area contributed by atoms with Crippen LogP contribution in [0.5, 0.6) is 0 Å². The lowest BCUT2D eigenvalue weighted by Gasteiger charge is -2.23. The van der Waals surface area contributed by atoms with E-state index in [0.29, 0.717) is 29.2 Å². The number of nitrogens with zero attached hydrogens (tertiary/aromatic N) is 2. The minimum Gasteiger partial charge on any atom is -0.487 e. The highest BCUT2D eigenvalue weighted by atomic mass is 19.1. The van der Waals surface area contributed by atoms with Gasteiger partial charge in [-0.05, 0) is 43.9 Å². The Kier molecular flexibility index (Phi) is 5.88. The van der Waals surface area contributed by atoms with Gasteiger partial charge in [0.2, 0.25) is 0 Å². The molecule has 4 rings (SSSR count). The van der Waals surface area contributed by atoms with Crippen LogP contribution in [0.15, 0.2) is 36.4 Å². The maximum absolute atomic E-state index is 13.8. The zero-order valence-corrected chi connectivity index (χ0v) is 17.8. The highest BCUT2D eigenvalue weighted by Crippen LogP contribution is 2.41. The van der Waals surface area contributed by atoms with Crippen molar-refractivity contribution in [3.63, 3.8) is 0 Å². The summed E-state index contributed by atoms with van der Waals surface area (Å²) in [6.07, 6.45) is 0. The molecule has 0 atom stereocenters. The molecule has 2 aliphatic heterocycles. The standard InChI is InChI=1S/C24H28FN3O2/c1-4-27(3)10-11-28(5-2)14-16-6-8-19-17(12-16)15-30-23(19)22-20-13-18(25)7-9-21(20)26-24(22)29/h6-9,12-13H,4-5,10-11,14-15H2,1-3H3,(H,26,29)/b23-22+. The predicted octanol–water partition coefficient (Wildman–Crippen LogP) is 3.95. The maximum Gasteiger partial charge on any atom is 0.260 e. The lowest BCUT2D eigenvalue weighted by atomic mass is 9.99. The van der Waals surface area contributed by atoms with Crippen LogP contribution in [0.1, 0.15) is 36.1 Å². The zero-order valence-electron chi connectivity index (χ0n) is 17.8. The summed E-state index contributed by atoms with van der Waals surface area (Å²) >= 11 is 0. The van der Waals surface area contributed by atoms with E-state index in [2.05, 4.69) is 48.1 Å². The quantitative estimate of drug-likeness (QED) is 0.704. The second kappa shape index (κ2) is 8.58. The molecule has 2 aliphatic rings. The smallest absolute Gasteiger partial charge is 0.260 e. The number of ether oxygens (including phenoxy) is 1. The van der Waals surface area contributed by atoms with Crippen LogP contribution in [0, 0.1) is 5.82 Å². The van der Waals surface area contributed by atoms with Crippen LogP contribution >= 0.6 is 0 Å². The fraction of sp³-hybridized carbons (Fsp3) is 0.375. The fourth-order valence-electron chi connectivity index (χ4n) is 3.96. The fourth-order valence-corrected chi connectivity index (χ4v) is 3.96. The average Bonchev–Trinajstić information content (AvgIpc) is 3.29. The minimum atomic E-state index is -0.370. The highest BCUT2D eigenvalue weighted by molar-refractivity contribution is 6.36. The summed E-state index contributed by atoms with van der Waals surface area (Å²) in [5.74, 6) is -0.0830. The first-order valence-corrected chi connectivity index (χ1v) is 10.5. The third-order valence-corrected chi connectivity index (χ3v) is 5.93. The van der Waals surface area contributed by atoms with Crippen molar-refractivity contribution in [1.29, 1.82) is 0 Å². The van der Waals surface area contributed by atoms with Gasteiger partial charge in [0.15, 0.2) is 0 Å². The molecule has 0 saturated carbocycles. The largest absolute Gasteiger partial charge is 0.487 e. The van der Waals surface area contributed by atoms with E-state index in [1.807, 2.05) is 6.07 Å². The van der Waals surface area contributed by atoms with E-state index in [-0.39, 0.29) is 11.7 Å². The molecule has 0 aliphatic carbocycles. The molecule has 0 fully saturated rings. The third kappa shape index (κ3) is 3.98. The molecular weight excluding hydrogens is 381 g/mol. The number of carbonyl (C=O) groups excluding carboxylic acids is 1. The van der Waals surface area contributed by atoms with Crippen LogP contribution in [0.3, 0.4) is 0 Å². The summed E-state index contributed by atoms with van der Waals surface area (Å²) in [7, 11) is 2.14. The Balaban J connectivity index is 1.58. The topological polar surface area (TPSA) is 44.8 Å². The number of fused-ring (bicyclic) bond motifs is 2. The summed E-state index contributed by atoms with van der Waals surface area (Å²) < 4.78 is 19.7. The molecule has 0 bridgehead atoms. The molecule has 0 saturated heterocycles. The number of rotatable bonds is 7. The molecular formula is C24H28FN3O2. The number of hydrogen-bond donors (Lipinski definition) is 1. The van der Waals surface area contributed by atoms with Gasteiger partial charge in [-0.3, -0.25) is 9.69 Å². The van der Waals surface area contributed by atoms with E-state index in [0.717, 1.165) is 43.9 Å². The van der Waals surface area contributed by atoms with Gasteiger partial charge in [0.1, 0.15) is 18.2 Å². The summed E-state index contributed by atoms with van der Waals surface area (Å²) in [5, 5.41) is 2.80. The van der Waals surface area contributed by atoms with Gasteiger partial charge in [0, 0.05) is 42.0 Å². The van der Waals surface area contributed by atoms with Gasteiger partial charge < -0.3 is 15.0 Å². The second-order valence-corrected chi connectivity index (χ2v) is 7.89. The van der Waals surface area contributed by atoms with Crippen LogP contribution in [0.2, 0.25) is 0 Å². The van der Waals surface area contributed by atoms with Crippen molar-refractivity contribution in [2.24, 2.45) is 0 Å². The Morgan fingerprint density at radius 2 is 1.90 bits per heavy atom. The Morgan fingerprint density at radius 3 is 2.67 bits per heavy atom. The Morgan fingerprint density at radius 1 is 1.07 bits per heavy atom. The first kappa shape index (κ1) is 20.6. The van der Waals surface area contributed by atoms with Gasteiger partial charge in [-0.2, -0.15) is 0 Å². The third-order valence-electron chi connectivity index (χ3n) is 5.93. The van der Waals surface area contributed by atoms with E-state index in [4.69, 9.17) is 4.74 Å². The monoisotopic (exact) mass is 409 g/mol. The van der Waals surface area contributed by atoms with E-state index < -0.39 is 0 Å². The van der Waals surface area contributed by atoms with Gasteiger partial charge in [-0.1, -0.05) is 32.0 Å². The van der Waals surface area contributed by atoms with Crippen LogP contribution in [-0.4, -0.2) is 48.9 Å². The molecule has 0 spiro atoms. The first-order valence-electron chi connectivity index (χ1n) is 10.5. The van der Waals surface area contributed by atoms with E-state index in [9.17, 15) is 9.18 Å². The van der Waals surface area contributed by atoms with Gasteiger partial charge in [-0.15, -0.1) is 0 Å². The van der Waals surface area contributed by atoms with Gasteiger partial charge >= 0.3 is 0 Å². The first-order chi connectivity index (χ1) is 14.5. The number of anilines is 1. The van der Waals surface area contributed by atoms with Gasteiger partial charge in [0.05, 0.1) is 5.57 Å². The van der Waals surface area contributed by atoms with Gasteiger partial charge in [-0.25, -0.2) is 4.39 Å². The van der Waals surface area contributed by atoms with Crippen molar-refractivity contribution in [3.8, 4) is 0 Å². The molecule has 2 heterocycles. The average molecular weight is 410 g/mol. The molecule has 158 valence electrons.